The highest BCUT2D eigenvalue weighted by Crippen LogP contribution is 2.43. The first-order valence-corrected chi connectivity index (χ1v) is 11.1. The Bertz CT molecular complexity index is 1300. The molecule has 34 heavy (non-hydrogen) atoms. The molecule has 0 aromatic heterocycles. The molecule has 0 fully saturated rings. The lowest BCUT2D eigenvalue weighted by Gasteiger charge is -2.30. The fraction of sp³-hybridized carbons (Fsp3) is 0.172. The zero-order valence-electron chi connectivity index (χ0n) is 20.0. The monoisotopic (exact) mass is 455 g/mol. The molecule has 5 heteroatoms. The van der Waals surface area contributed by atoms with E-state index in [-0.39, 0.29) is 17.2 Å². The van der Waals surface area contributed by atoms with E-state index in [2.05, 4.69) is 0 Å². The smallest absolute Gasteiger partial charge is 0.130 e. The Labute approximate surface area is 200 Å². The van der Waals surface area contributed by atoms with E-state index in [9.17, 15) is 15.3 Å². The summed E-state index contributed by atoms with van der Waals surface area (Å²) in [6.45, 7) is 9.53. The Balaban J connectivity index is 1.82. The minimum atomic E-state index is 0.199. The van der Waals surface area contributed by atoms with E-state index in [1.807, 2.05) is 75.9 Å². The van der Waals surface area contributed by atoms with E-state index in [1.165, 1.54) is 0 Å². The molecule has 0 aliphatic rings. The Morgan fingerprint density at radius 3 is 1.65 bits per heavy atom. The molecule has 0 unspecified atom stereocenters. The van der Waals surface area contributed by atoms with Crippen LogP contribution in [0.5, 0.6) is 28.7 Å². The molecule has 0 spiro atoms. The normalized spacial score (nSPS) is 10.9. The van der Waals surface area contributed by atoms with Crippen LogP contribution in [0.4, 0.5) is 17.1 Å². The second-order valence-electron chi connectivity index (χ2n) is 8.74. The molecule has 3 N–H and O–H groups in total. The SMILES string of the molecule is Cc1cc(O)c(C)c(N(c2ccc(Oc3ccc(O)cc3C)cc2)c2cc(C)cc(O)c2C)c1. The van der Waals surface area contributed by atoms with E-state index in [0.717, 1.165) is 44.9 Å². The first kappa shape index (κ1) is 23.1. The molecule has 174 valence electrons. The van der Waals surface area contributed by atoms with Crippen LogP contribution >= 0.6 is 0 Å². The number of phenolic OH excluding ortho intramolecular Hbond substituents is 3. The fourth-order valence-corrected chi connectivity index (χ4v) is 4.05. The van der Waals surface area contributed by atoms with Gasteiger partial charge in [0, 0.05) is 16.8 Å². The summed E-state index contributed by atoms with van der Waals surface area (Å²) in [5.41, 5.74) is 6.69. The molecule has 0 saturated carbocycles. The second kappa shape index (κ2) is 9.02. The van der Waals surface area contributed by atoms with Crippen LogP contribution in [0.2, 0.25) is 0 Å². The third-order valence-electron chi connectivity index (χ3n) is 5.96. The predicted molar refractivity (Wildman–Crippen MR) is 136 cm³/mol. The summed E-state index contributed by atoms with van der Waals surface area (Å²) in [5, 5.41) is 30.7. The summed E-state index contributed by atoms with van der Waals surface area (Å²) >= 11 is 0. The standard InChI is InChI=1S/C29H29NO4/c1-17-12-25(20(4)27(32)14-17)30(26-13-18(2)15-28(33)21(26)5)22-6-9-24(10-7-22)34-29-11-8-23(31)16-19(29)3/h6-16,31-33H,1-5H3. The molecule has 0 aliphatic carbocycles. The van der Waals surface area contributed by atoms with Crippen LogP contribution < -0.4 is 9.64 Å². The number of rotatable bonds is 5. The van der Waals surface area contributed by atoms with Crippen LogP contribution in [0.15, 0.2) is 66.7 Å². The van der Waals surface area contributed by atoms with Gasteiger partial charge in [-0.2, -0.15) is 0 Å². The maximum absolute atomic E-state index is 10.5. The average molecular weight is 456 g/mol. The summed E-state index contributed by atoms with van der Waals surface area (Å²) in [5.74, 6) is 1.96. The van der Waals surface area contributed by atoms with Crippen molar-refractivity contribution in [3.05, 3.63) is 94.5 Å². The first-order valence-electron chi connectivity index (χ1n) is 11.1. The van der Waals surface area contributed by atoms with Crippen LogP contribution in [0, 0.1) is 34.6 Å². The Kier molecular flexibility index (Phi) is 6.12. The number of aromatic hydroxyl groups is 3. The lowest BCUT2D eigenvalue weighted by Crippen LogP contribution is -2.13. The largest absolute Gasteiger partial charge is 0.508 e. The Morgan fingerprint density at radius 1 is 0.618 bits per heavy atom. The first-order chi connectivity index (χ1) is 16.1. The molecule has 4 aromatic rings. The minimum Gasteiger partial charge on any atom is -0.508 e. The molecule has 4 aromatic carbocycles. The number of hydrogen-bond acceptors (Lipinski definition) is 5. The van der Waals surface area contributed by atoms with E-state index >= 15 is 0 Å². The van der Waals surface area contributed by atoms with Gasteiger partial charge in [0.2, 0.25) is 0 Å². The molecular formula is C29H29NO4. The molecule has 4 rings (SSSR count). The quantitative estimate of drug-likeness (QED) is 0.289. The molecule has 5 nitrogen and oxygen atoms in total. The lowest BCUT2D eigenvalue weighted by molar-refractivity contribution is 0.461. The van der Waals surface area contributed by atoms with Crippen molar-refractivity contribution in [3.63, 3.8) is 0 Å². The number of nitrogens with zero attached hydrogens (tertiary/aromatic N) is 1. The minimum absolute atomic E-state index is 0.199. The van der Waals surface area contributed by atoms with Gasteiger partial charge in [0.15, 0.2) is 0 Å². The van der Waals surface area contributed by atoms with Crippen LogP contribution in [0.1, 0.15) is 27.8 Å². The van der Waals surface area contributed by atoms with Gasteiger partial charge >= 0.3 is 0 Å². The maximum atomic E-state index is 10.5. The van der Waals surface area contributed by atoms with Crippen LogP contribution in [0.3, 0.4) is 0 Å². The number of ether oxygens (including phenoxy) is 1. The highest BCUT2D eigenvalue weighted by Gasteiger charge is 2.20. The third-order valence-corrected chi connectivity index (χ3v) is 5.96. The summed E-state index contributed by atoms with van der Waals surface area (Å²) in [6, 6.07) is 20.2. The third kappa shape index (κ3) is 4.50. The van der Waals surface area contributed by atoms with Gasteiger partial charge in [-0.15, -0.1) is 0 Å². The predicted octanol–water partition coefficient (Wildman–Crippen LogP) is 7.61. The molecular weight excluding hydrogens is 426 g/mol. The summed E-state index contributed by atoms with van der Waals surface area (Å²) < 4.78 is 6.02. The van der Waals surface area contributed by atoms with Crippen molar-refractivity contribution in [3.8, 4) is 28.7 Å². The average Bonchev–Trinajstić information content (AvgIpc) is 2.78. The number of hydrogen-bond donors (Lipinski definition) is 3. The van der Waals surface area contributed by atoms with E-state index in [1.54, 1.807) is 30.3 Å². The van der Waals surface area contributed by atoms with Crippen molar-refractivity contribution in [2.45, 2.75) is 34.6 Å². The number of benzene rings is 4. The highest BCUT2D eigenvalue weighted by molar-refractivity contribution is 5.83. The van der Waals surface area contributed by atoms with Crippen molar-refractivity contribution in [1.82, 2.24) is 0 Å². The lowest BCUT2D eigenvalue weighted by atomic mass is 10.0. The second-order valence-corrected chi connectivity index (χ2v) is 8.74. The van der Waals surface area contributed by atoms with Gasteiger partial charge < -0.3 is 25.0 Å². The molecule has 0 bridgehead atoms. The summed E-state index contributed by atoms with van der Waals surface area (Å²) in [6.07, 6.45) is 0. The van der Waals surface area contributed by atoms with E-state index in [0.29, 0.717) is 11.5 Å². The van der Waals surface area contributed by atoms with Crippen molar-refractivity contribution >= 4 is 17.1 Å². The van der Waals surface area contributed by atoms with Crippen molar-refractivity contribution in [1.29, 1.82) is 0 Å². The van der Waals surface area contributed by atoms with Crippen molar-refractivity contribution in [2.24, 2.45) is 0 Å². The maximum Gasteiger partial charge on any atom is 0.130 e. The molecule has 0 saturated heterocycles. The van der Waals surface area contributed by atoms with Crippen LogP contribution in [-0.2, 0) is 0 Å². The van der Waals surface area contributed by atoms with E-state index in [4.69, 9.17) is 4.74 Å². The number of phenols is 3. The van der Waals surface area contributed by atoms with Gasteiger partial charge in [0.05, 0.1) is 11.4 Å². The number of anilines is 3. The fourth-order valence-electron chi connectivity index (χ4n) is 4.05. The zero-order valence-corrected chi connectivity index (χ0v) is 20.0. The highest BCUT2D eigenvalue weighted by atomic mass is 16.5. The summed E-state index contributed by atoms with van der Waals surface area (Å²) in [7, 11) is 0. The topological polar surface area (TPSA) is 73.2 Å². The number of aryl methyl sites for hydroxylation is 3. The zero-order chi connectivity index (χ0) is 24.6. The molecule has 0 amide bonds. The van der Waals surface area contributed by atoms with Gasteiger partial charge in [0.1, 0.15) is 28.7 Å². The Hall–Kier alpha value is -4.12. The molecule has 0 radical (unpaired) electrons. The van der Waals surface area contributed by atoms with Crippen LogP contribution in [-0.4, -0.2) is 15.3 Å². The van der Waals surface area contributed by atoms with Gasteiger partial charge in [-0.05, 0) is 118 Å². The van der Waals surface area contributed by atoms with E-state index < -0.39 is 0 Å². The summed E-state index contributed by atoms with van der Waals surface area (Å²) in [4.78, 5) is 2.04. The van der Waals surface area contributed by atoms with Crippen molar-refractivity contribution < 1.29 is 20.1 Å². The van der Waals surface area contributed by atoms with Crippen molar-refractivity contribution in [2.75, 3.05) is 4.90 Å². The molecule has 0 aliphatic heterocycles. The van der Waals surface area contributed by atoms with Gasteiger partial charge in [-0.1, -0.05) is 0 Å². The van der Waals surface area contributed by atoms with Gasteiger partial charge in [-0.3, -0.25) is 0 Å². The Morgan fingerprint density at radius 2 is 1.15 bits per heavy atom. The molecule has 0 atom stereocenters. The van der Waals surface area contributed by atoms with Gasteiger partial charge in [-0.25, -0.2) is 0 Å². The van der Waals surface area contributed by atoms with Crippen LogP contribution in [0.25, 0.3) is 0 Å². The van der Waals surface area contributed by atoms with Gasteiger partial charge in [0.25, 0.3) is 0 Å². The molecule has 0 heterocycles.